The van der Waals surface area contributed by atoms with Crippen LogP contribution in [0.2, 0.25) is 25.7 Å². The first-order valence-electron chi connectivity index (χ1n) is 5.40. The topological polar surface area (TPSA) is 29.5 Å². The summed E-state index contributed by atoms with van der Waals surface area (Å²) in [6, 6.07) is 8.37. The Morgan fingerprint density at radius 1 is 1.20 bits per heavy atom. The first kappa shape index (κ1) is 12.1. The van der Waals surface area contributed by atoms with Gasteiger partial charge in [0.05, 0.1) is 6.61 Å². The number of benzene rings is 1. The van der Waals surface area contributed by atoms with E-state index < -0.39 is 8.07 Å². The van der Waals surface area contributed by atoms with Gasteiger partial charge >= 0.3 is 0 Å². The monoisotopic (exact) mass is 224 g/mol. The van der Waals surface area contributed by atoms with Gasteiger partial charge in [0, 0.05) is 8.07 Å². The Hall–Kier alpha value is -0.963. The summed E-state index contributed by atoms with van der Waals surface area (Å²) in [5, 5.41) is 9.45. The van der Waals surface area contributed by atoms with Crippen LogP contribution in [0.3, 0.4) is 0 Å². The van der Waals surface area contributed by atoms with Crippen molar-refractivity contribution in [3.05, 3.63) is 24.3 Å². The Morgan fingerprint density at radius 3 is 2.47 bits per heavy atom. The van der Waals surface area contributed by atoms with Crippen molar-refractivity contribution in [1.29, 1.82) is 0 Å². The van der Waals surface area contributed by atoms with Crippen LogP contribution in [-0.2, 0) is 0 Å². The molecular formula is C12H20O2Si. The lowest BCUT2D eigenvalue weighted by molar-refractivity contribution is 0.299. The predicted molar refractivity (Wildman–Crippen MR) is 66.4 cm³/mol. The number of para-hydroxylation sites is 2. The van der Waals surface area contributed by atoms with Crippen LogP contribution in [0.1, 0.15) is 6.42 Å². The van der Waals surface area contributed by atoms with Crippen LogP contribution < -0.4 is 4.74 Å². The summed E-state index contributed by atoms with van der Waals surface area (Å²) in [7, 11) is -0.951. The van der Waals surface area contributed by atoms with Crippen molar-refractivity contribution in [2.45, 2.75) is 32.1 Å². The van der Waals surface area contributed by atoms with Gasteiger partial charge in [0.1, 0.15) is 0 Å². The molecule has 0 unspecified atom stereocenters. The fraction of sp³-hybridized carbons (Fsp3) is 0.500. The number of rotatable bonds is 5. The second-order valence-electron chi connectivity index (χ2n) is 4.98. The van der Waals surface area contributed by atoms with E-state index in [4.69, 9.17) is 4.74 Å². The summed E-state index contributed by atoms with van der Waals surface area (Å²) in [5.74, 6) is 0.818. The normalized spacial score (nSPS) is 11.4. The molecule has 0 aliphatic rings. The van der Waals surface area contributed by atoms with Crippen LogP contribution in [0.15, 0.2) is 24.3 Å². The van der Waals surface area contributed by atoms with Gasteiger partial charge in [-0.2, -0.15) is 0 Å². The van der Waals surface area contributed by atoms with E-state index in [9.17, 15) is 5.11 Å². The molecule has 15 heavy (non-hydrogen) atoms. The van der Waals surface area contributed by atoms with Crippen molar-refractivity contribution < 1.29 is 9.84 Å². The maximum atomic E-state index is 9.45. The SMILES string of the molecule is C[Si](C)(C)CCCOc1ccccc1O. The molecule has 0 radical (unpaired) electrons. The molecule has 84 valence electrons. The van der Waals surface area contributed by atoms with E-state index in [1.807, 2.05) is 6.07 Å². The summed E-state index contributed by atoms with van der Waals surface area (Å²) in [5.41, 5.74) is 0. The van der Waals surface area contributed by atoms with Gasteiger partial charge in [-0.05, 0) is 18.6 Å². The summed E-state index contributed by atoms with van der Waals surface area (Å²) in [4.78, 5) is 0. The van der Waals surface area contributed by atoms with Gasteiger partial charge in [0.25, 0.3) is 0 Å². The Kier molecular flexibility index (Phi) is 4.21. The van der Waals surface area contributed by atoms with Crippen molar-refractivity contribution in [3.8, 4) is 11.5 Å². The molecule has 2 nitrogen and oxygen atoms in total. The maximum absolute atomic E-state index is 9.45. The summed E-state index contributed by atoms with van der Waals surface area (Å²) in [6.45, 7) is 7.76. The molecule has 0 bridgehead atoms. The molecule has 1 aromatic rings. The molecule has 1 aromatic carbocycles. The van der Waals surface area contributed by atoms with Crippen molar-refractivity contribution in [2.24, 2.45) is 0 Å². The quantitative estimate of drug-likeness (QED) is 0.612. The highest BCUT2D eigenvalue weighted by Gasteiger charge is 2.12. The lowest BCUT2D eigenvalue weighted by atomic mass is 10.3. The Labute approximate surface area is 92.9 Å². The van der Waals surface area contributed by atoms with Gasteiger partial charge < -0.3 is 9.84 Å². The van der Waals surface area contributed by atoms with Crippen LogP contribution >= 0.6 is 0 Å². The fourth-order valence-electron chi connectivity index (χ4n) is 1.36. The van der Waals surface area contributed by atoms with Crippen molar-refractivity contribution in [2.75, 3.05) is 6.61 Å². The van der Waals surface area contributed by atoms with Crippen LogP contribution in [0.4, 0.5) is 0 Å². The Morgan fingerprint density at radius 2 is 1.87 bits per heavy atom. The predicted octanol–water partition coefficient (Wildman–Crippen LogP) is 3.50. The third-order valence-electron chi connectivity index (χ3n) is 2.19. The zero-order chi connectivity index (χ0) is 11.3. The number of ether oxygens (including phenoxy) is 1. The third kappa shape index (κ3) is 4.88. The lowest BCUT2D eigenvalue weighted by Gasteiger charge is -2.15. The molecule has 0 spiro atoms. The van der Waals surface area contributed by atoms with E-state index in [1.54, 1.807) is 18.2 Å². The van der Waals surface area contributed by atoms with Gasteiger partial charge in [-0.1, -0.05) is 37.8 Å². The van der Waals surface area contributed by atoms with Gasteiger partial charge in [-0.3, -0.25) is 0 Å². The van der Waals surface area contributed by atoms with Crippen LogP contribution in [0, 0.1) is 0 Å². The molecule has 0 atom stereocenters. The highest BCUT2D eigenvalue weighted by atomic mass is 28.3. The minimum Gasteiger partial charge on any atom is -0.504 e. The van der Waals surface area contributed by atoms with Crippen molar-refractivity contribution in [3.63, 3.8) is 0 Å². The molecule has 0 aliphatic carbocycles. The molecule has 1 rings (SSSR count). The molecular weight excluding hydrogens is 204 g/mol. The largest absolute Gasteiger partial charge is 0.504 e. The third-order valence-corrected chi connectivity index (χ3v) is 4.05. The Bertz CT molecular complexity index is 305. The molecule has 0 fully saturated rings. The first-order chi connectivity index (χ1) is 6.99. The van der Waals surface area contributed by atoms with Gasteiger partial charge in [-0.15, -0.1) is 0 Å². The van der Waals surface area contributed by atoms with E-state index >= 15 is 0 Å². The number of phenolic OH excluding ortho intramolecular Hbond substituents is 1. The average Bonchev–Trinajstić information content (AvgIpc) is 2.13. The molecule has 0 saturated heterocycles. The lowest BCUT2D eigenvalue weighted by Crippen LogP contribution is -2.19. The number of phenols is 1. The first-order valence-corrected chi connectivity index (χ1v) is 9.10. The van der Waals surface area contributed by atoms with Crippen molar-refractivity contribution in [1.82, 2.24) is 0 Å². The molecule has 0 saturated carbocycles. The number of aromatic hydroxyl groups is 1. The van der Waals surface area contributed by atoms with Crippen LogP contribution in [0.5, 0.6) is 11.5 Å². The zero-order valence-corrected chi connectivity index (χ0v) is 10.8. The van der Waals surface area contributed by atoms with Crippen LogP contribution in [-0.4, -0.2) is 19.8 Å². The molecule has 0 aliphatic heterocycles. The minimum atomic E-state index is -0.951. The highest BCUT2D eigenvalue weighted by Crippen LogP contribution is 2.24. The van der Waals surface area contributed by atoms with E-state index in [0.717, 1.165) is 6.42 Å². The summed E-state index contributed by atoms with van der Waals surface area (Å²) < 4.78 is 5.50. The highest BCUT2D eigenvalue weighted by molar-refractivity contribution is 6.76. The van der Waals surface area contributed by atoms with Crippen molar-refractivity contribution >= 4 is 8.07 Å². The standard InChI is InChI=1S/C12H20O2Si/c1-15(2,3)10-6-9-14-12-8-5-4-7-11(12)13/h4-5,7-8,13H,6,9-10H2,1-3H3. The second-order valence-corrected chi connectivity index (χ2v) is 10.6. The molecule has 0 amide bonds. The molecule has 0 heterocycles. The number of hydrogen-bond acceptors (Lipinski definition) is 2. The maximum Gasteiger partial charge on any atom is 0.160 e. The van der Waals surface area contributed by atoms with E-state index in [2.05, 4.69) is 19.6 Å². The Balaban J connectivity index is 2.30. The van der Waals surface area contributed by atoms with Gasteiger partial charge in [-0.25, -0.2) is 0 Å². The smallest absolute Gasteiger partial charge is 0.160 e. The second kappa shape index (κ2) is 5.21. The fourth-order valence-corrected chi connectivity index (χ4v) is 2.57. The number of hydrogen-bond donors (Lipinski definition) is 1. The van der Waals surface area contributed by atoms with E-state index in [1.165, 1.54) is 6.04 Å². The van der Waals surface area contributed by atoms with Gasteiger partial charge in [0.15, 0.2) is 11.5 Å². The zero-order valence-electron chi connectivity index (χ0n) is 9.79. The van der Waals surface area contributed by atoms with E-state index in [0.29, 0.717) is 12.4 Å². The summed E-state index contributed by atoms with van der Waals surface area (Å²) >= 11 is 0. The molecule has 3 heteroatoms. The molecule has 0 aromatic heterocycles. The summed E-state index contributed by atoms with van der Waals surface area (Å²) in [6.07, 6.45) is 1.07. The van der Waals surface area contributed by atoms with Crippen LogP contribution in [0.25, 0.3) is 0 Å². The van der Waals surface area contributed by atoms with Gasteiger partial charge in [0.2, 0.25) is 0 Å². The van der Waals surface area contributed by atoms with E-state index in [-0.39, 0.29) is 5.75 Å². The average molecular weight is 224 g/mol. The minimum absolute atomic E-state index is 0.227. The molecule has 1 N–H and O–H groups in total.